The molecule has 0 unspecified atom stereocenters. The van der Waals surface area contributed by atoms with E-state index in [2.05, 4.69) is 74.3 Å². The normalized spacial score (nSPS) is 14.4. The van der Waals surface area contributed by atoms with Crippen molar-refractivity contribution in [3.8, 4) is 0 Å². The van der Waals surface area contributed by atoms with Crippen molar-refractivity contribution >= 4 is 17.3 Å². The summed E-state index contributed by atoms with van der Waals surface area (Å²) in [6.07, 6.45) is 0.538. The van der Waals surface area contributed by atoms with E-state index >= 15 is 0 Å². The molecule has 2 aromatic rings. The van der Waals surface area contributed by atoms with Gasteiger partial charge < -0.3 is 15.1 Å². The summed E-state index contributed by atoms with van der Waals surface area (Å²) in [5.74, 6) is 0.243. The zero-order valence-corrected chi connectivity index (χ0v) is 17.0. The number of hydrogen-bond acceptors (Lipinski definition) is 3. The second kappa shape index (κ2) is 8.47. The van der Waals surface area contributed by atoms with Gasteiger partial charge in [0.2, 0.25) is 5.91 Å². The highest BCUT2D eigenvalue weighted by Gasteiger charge is 2.22. The van der Waals surface area contributed by atoms with Gasteiger partial charge in [-0.1, -0.05) is 29.8 Å². The molecule has 0 aliphatic carbocycles. The van der Waals surface area contributed by atoms with Crippen molar-refractivity contribution in [3.63, 3.8) is 0 Å². The van der Waals surface area contributed by atoms with Crippen molar-refractivity contribution < 1.29 is 4.79 Å². The summed E-state index contributed by atoms with van der Waals surface area (Å²) in [5, 5.41) is 3.40. The van der Waals surface area contributed by atoms with Crippen molar-refractivity contribution in [1.29, 1.82) is 0 Å². The van der Waals surface area contributed by atoms with Crippen molar-refractivity contribution in [2.24, 2.45) is 0 Å². The van der Waals surface area contributed by atoms with Crippen LogP contribution in [0.3, 0.4) is 0 Å². The minimum Gasteiger partial charge on any atom is -0.384 e. The number of amides is 1. The topological polar surface area (TPSA) is 35.6 Å². The maximum Gasteiger partial charge on any atom is 0.224 e. The third-order valence-electron chi connectivity index (χ3n) is 5.59. The van der Waals surface area contributed by atoms with Crippen LogP contribution in [0.2, 0.25) is 0 Å². The van der Waals surface area contributed by atoms with Crippen LogP contribution in [0.5, 0.6) is 0 Å². The number of hydrogen-bond donors (Lipinski definition) is 1. The highest BCUT2D eigenvalue weighted by molar-refractivity contribution is 5.77. The SMILES string of the molecule is Cc1ccc(NCCC(=O)N2CCN(c3cccc(C)c3C)CC2)c(C)c1. The van der Waals surface area contributed by atoms with Crippen LogP contribution in [0, 0.1) is 27.7 Å². The molecule has 1 N–H and O–H groups in total. The second-order valence-electron chi connectivity index (χ2n) is 7.58. The molecule has 4 heteroatoms. The van der Waals surface area contributed by atoms with Gasteiger partial charge in [0.25, 0.3) is 0 Å². The molecule has 0 saturated carbocycles. The maximum atomic E-state index is 12.6. The van der Waals surface area contributed by atoms with Crippen LogP contribution in [-0.4, -0.2) is 43.5 Å². The fourth-order valence-electron chi connectivity index (χ4n) is 3.75. The molecule has 1 aliphatic heterocycles. The van der Waals surface area contributed by atoms with Crippen molar-refractivity contribution in [3.05, 3.63) is 58.7 Å². The predicted octanol–water partition coefficient (Wildman–Crippen LogP) is 4.07. The fraction of sp³-hybridized carbons (Fsp3) is 0.435. The van der Waals surface area contributed by atoms with Crippen molar-refractivity contribution in [2.45, 2.75) is 34.1 Å². The second-order valence-corrected chi connectivity index (χ2v) is 7.58. The van der Waals surface area contributed by atoms with Gasteiger partial charge in [0.05, 0.1) is 0 Å². The number of aryl methyl sites for hydroxylation is 3. The molecule has 0 radical (unpaired) electrons. The molecule has 0 aromatic heterocycles. The number of rotatable bonds is 5. The predicted molar refractivity (Wildman–Crippen MR) is 114 cm³/mol. The van der Waals surface area contributed by atoms with Gasteiger partial charge in [0.1, 0.15) is 0 Å². The lowest BCUT2D eigenvalue weighted by Crippen LogP contribution is -2.49. The standard InChI is InChI=1S/C23H31N3O/c1-17-8-9-21(19(3)16-17)24-11-10-23(27)26-14-12-25(13-15-26)22-7-5-6-18(2)20(22)4/h5-9,16,24H,10-15H2,1-4H3. The fourth-order valence-corrected chi connectivity index (χ4v) is 3.75. The summed E-state index contributed by atoms with van der Waals surface area (Å²) >= 11 is 0. The number of carbonyl (C=O) groups is 1. The molecule has 27 heavy (non-hydrogen) atoms. The van der Waals surface area contributed by atoms with Gasteiger partial charge in [0.15, 0.2) is 0 Å². The van der Waals surface area contributed by atoms with Gasteiger partial charge >= 0.3 is 0 Å². The first-order chi connectivity index (χ1) is 13.0. The average molecular weight is 366 g/mol. The van der Waals surface area contributed by atoms with Crippen LogP contribution < -0.4 is 10.2 Å². The number of piperazine rings is 1. The highest BCUT2D eigenvalue weighted by atomic mass is 16.2. The molecule has 0 atom stereocenters. The summed E-state index contributed by atoms with van der Waals surface area (Å²) in [6.45, 7) is 12.6. The third kappa shape index (κ3) is 4.62. The number of nitrogens with zero attached hydrogens (tertiary/aromatic N) is 2. The van der Waals surface area contributed by atoms with Crippen molar-refractivity contribution in [1.82, 2.24) is 4.90 Å². The van der Waals surface area contributed by atoms with Crippen LogP contribution in [0.1, 0.15) is 28.7 Å². The van der Waals surface area contributed by atoms with E-state index < -0.39 is 0 Å². The summed E-state index contributed by atoms with van der Waals surface area (Å²) in [6, 6.07) is 12.8. The van der Waals surface area contributed by atoms with E-state index in [4.69, 9.17) is 0 Å². The Morgan fingerprint density at radius 1 is 0.963 bits per heavy atom. The molecule has 1 heterocycles. The summed E-state index contributed by atoms with van der Waals surface area (Å²) in [4.78, 5) is 17.0. The number of nitrogens with one attached hydrogen (secondary N) is 1. The summed E-state index contributed by atoms with van der Waals surface area (Å²) in [7, 11) is 0. The van der Waals surface area contributed by atoms with Crippen LogP contribution in [0.15, 0.2) is 36.4 Å². The van der Waals surface area contributed by atoms with Gasteiger partial charge in [-0.2, -0.15) is 0 Å². The number of benzene rings is 2. The van der Waals surface area contributed by atoms with Crippen molar-refractivity contribution in [2.75, 3.05) is 42.9 Å². The number of anilines is 2. The monoisotopic (exact) mass is 365 g/mol. The Morgan fingerprint density at radius 3 is 2.41 bits per heavy atom. The van der Waals surface area contributed by atoms with E-state index in [0.29, 0.717) is 13.0 Å². The summed E-state index contributed by atoms with van der Waals surface area (Å²) < 4.78 is 0. The molecule has 1 aliphatic rings. The molecule has 1 saturated heterocycles. The minimum absolute atomic E-state index is 0.243. The van der Waals surface area contributed by atoms with Crippen LogP contribution in [0.4, 0.5) is 11.4 Å². The number of carbonyl (C=O) groups excluding carboxylic acids is 1. The lowest BCUT2D eigenvalue weighted by Gasteiger charge is -2.37. The van der Waals surface area contributed by atoms with E-state index in [0.717, 1.165) is 31.9 Å². The molecule has 1 fully saturated rings. The molecule has 3 rings (SSSR count). The zero-order chi connectivity index (χ0) is 19.4. The smallest absolute Gasteiger partial charge is 0.224 e. The Bertz CT molecular complexity index is 807. The Kier molecular flexibility index (Phi) is 6.04. The first-order valence-corrected chi connectivity index (χ1v) is 9.86. The molecule has 0 bridgehead atoms. The van der Waals surface area contributed by atoms with Crippen LogP contribution in [0.25, 0.3) is 0 Å². The van der Waals surface area contributed by atoms with Gasteiger partial charge in [-0.3, -0.25) is 4.79 Å². The van der Waals surface area contributed by atoms with E-state index in [1.54, 1.807) is 0 Å². The van der Waals surface area contributed by atoms with Gasteiger partial charge in [-0.25, -0.2) is 0 Å². The molecular weight excluding hydrogens is 334 g/mol. The molecule has 2 aromatic carbocycles. The quantitative estimate of drug-likeness (QED) is 0.867. The average Bonchev–Trinajstić information content (AvgIpc) is 2.66. The lowest BCUT2D eigenvalue weighted by molar-refractivity contribution is -0.131. The molecule has 0 spiro atoms. The largest absolute Gasteiger partial charge is 0.384 e. The highest BCUT2D eigenvalue weighted by Crippen LogP contribution is 2.24. The molecular formula is C23H31N3O. The third-order valence-corrected chi connectivity index (χ3v) is 5.59. The Labute approximate surface area is 163 Å². The first-order valence-electron chi connectivity index (χ1n) is 9.86. The Morgan fingerprint density at radius 2 is 1.70 bits per heavy atom. The minimum atomic E-state index is 0.243. The molecule has 144 valence electrons. The van der Waals surface area contributed by atoms with Crippen LogP contribution >= 0.6 is 0 Å². The first kappa shape index (κ1) is 19.3. The lowest BCUT2D eigenvalue weighted by atomic mass is 10.1. The van der Waals surface area contributed by atoms with Gasteiger partial charge in [-0.05, 0) is 56.5 Å². The van der Waals surface area contributed by atoms with Gasteiger partial charge in [0, 0.05) is 50.5 Å². The zero-order valence-electron chi connectivity index (χ0n) is 17.0. The molecule has 1 amide bonds. The summed E-state index contributed by atoms with van der Waals surface area (Å²) in [5.41, 5.74) is 7.57. The van der Waals surface area contributed by atoms with Gasteiger partial charge in [-0.15, -0.1) is 0 Å². The van der Waals surface area contributed by atoms with Crippen LogP contribution in [-0.2, 0) is 4.79 Å². The van der Waals surface area contributed by atoms with E-state index in [1.807, 2.05) is 4.90 Å². The maximum absolute atomic E-state index is 12.6. The van der Waals surface area contributed by atoms with E-state index in [-0.39, 0.29) is 5.91 Å². The Hall–Kier alpha value is -2.49. The Balaban J connectivity index is 1.48. The molecule has 4 nitrogen and oxygen atoms in total. The van der Waals surface area contributed by atoms with E-state index in [1.165, 1.54) is 27.9 Å². The van der Waals surface area contributed by atoms with E-state index in [9.17, 15) is 4.79 Å².